The summed E-state index contributed by atoms with van der Waals surface area (Å²) < 4.78 is 45.9. The van der Waals surface area contributed by atoms with Crippen LogP contribution < -0.4 is 4.90 Å². The number of nitrogens with zero attached hydrogens (tertiary/aromatic N) is 6. The van der Waals surface area contributed by atoms with E-state index in [2.05, 4.69) is 9.98 Å². The van der Waals surface area contributed by atoms with E-state index in [9.17, 15) is 18.0 Å². The fraction of sp³-hybridized carbons (Fsp3) is 0.296. The molecule has 1 fully saturated rings. The SMILES string of the molecule is COC1=NCC(=C2C=CC3N=CC4=C(C3=N2)N(c2cccc(C(F)(F)F)c2)C(=O)N(C)C4=C2CCC2)C=N1. The van der Waals surface area contributed by atoms with Gasteiger partial charge < -0.3 is 4.74 Å². The van der Waals surface area contributed by atoms with E-state index in [4.69, 9.17) is 14.7 Å². The van der Waals surface area contributed by atoms with Gasteiger partial charge in [0.25, 0.3) is 0 Å². The van der Waals surface area contributed by atoms with Gasteiger partial charge in [-0.25, -0.2) is 19.8 Å². The molecule has 1 aliphatic carbocycles. The summed E-state index contributed by atoms with van der Waals surface area (Å²) in [4.78, 5) is 34.7. The van der Waals surface area contributed by atoms with E-state index in [-0.39, 0.29) is 11.7 Å². The van der Waals surface area contributed by atoms with Crippen molar-refractivity contribution in [2.75, 3.05) is 25.6 Å². The molecule has 1 atom stereocenters. The summed E-state index contributed by atoms with van der Waals surface area (Å²) in [7, 11) is 3.13. The van der Waals surface area contributed by atoms with Gasteiger partial charge in [-0.15, -0.1) is 0 Å². The third-order valence-electron chi connectivity index (χ3n) is 7.06. The van der Waals surface area contributed by atoms with Crippen molar-refractivity contribution in [3.63, 3.8) is 0 Å². The third-order valence-corrected chi connectivity index (χ3v) is 7.06. The summed E-state index contributed by atoms with van der Waals surface area (Å²) in [5, 5.41) is 0. The molecule has 1 aromatic rings. The Morgan fingerprint density at radius 1 is 1.13 bits per heavy atom. The van der Waals surface area contributed by atoms with Crippen molar-refractivity contribution in [3.8, 4) is 0 Å². The normalized spacial score (nSPS) is 24.8. The molecule has 5 aliphatic rings. The van der Waals surface area contributed by atoms with Crippen LogP contribution in [0.2, 0.25) is 0 Å². The number of allylic oxidation sites excluding steroid dienone is 3. The zero-order valence-corrected chi connectivity index (χ0v) is 20.7. The number of amidine groups is 1. The van der Waals surface area contributed by atoms with Gasteiger partial charge in [-0.3, -0.25) is 14.8 Å². The van der Waals surface area contributed by atoms with Crippen LogP contribution in [0.3, 0.4) is 0 Å². The molecule has 1 saturated carbocycles. The van der Waals surface area contributed by atoms with Gasteiger partial charge in [-0.1, -0.05) is 12.1 Å². The summed E-state index contributed by atoms with van der Waals surface area (Å²) in [6.07, 6.45) is 5.18. The molecular weight excluding hydrogens is 497 g/mol. The highest BCUT2D eigenvalue weighted by molar-refractivity contribution is 6.22. The number of likely N-dealkylation sites (N-methyl/N-ethyl adjacent to an activating group) is 1. The van der Waals surface area contributed by atoms with Gasteiger partial charge in [0.15, 0.2) is 0 Å². The number of carbonyl (C=O) groups excluding carboxylic acids is 1. The Morgan fingerprint density at radius 2 is 1.95 bits per heavy atom. The first-order chi connectivity index (χ1) is 18.3. The molecule has 8 nitrogen and oxygen atoms in total. The summed E-state index contributed by atoms with van der Waals surface area (Å²) in [6.45, 7) is 0.303. The highest BCUT2D eigenvalue weighted by atomic mass is 19.4. The lowest BCUT2D eigenvalue weighted by Crippen LogP contribution is -2.51. The molecule has 4 heterocycles. The first-order valence-corrected chi connectivity index (χ1v) is 12.1. The zero-order chi connectivity index (χ0) is 26.6. The van der Waals surface area contributed by atoms with E-state index in [1.54, 1.807) is 19.5 Å². The van der Waals surface area contributed by atoms with E-state index in [1.165, 1.54) is 29.0 Å². The summed E-state index contributed by atoms with van der Waals surface area (Å²) in [5.41, 5.74) is 4.08. The Labute approximate surface area is 216 Å². The van der Waals surface area contributed by atoms with E-state index >= 15 is 0 Å². The van der Waals surface area contributed by atoms with Crippen LogP contribution >= 0.6 is 0 Å². The summed E-state index contributed by atoms with van der Waals surface area (Å²) in [6, 6.07) is 4.11. The molecule has 194 valence electrons. The molecule has 6 rings (SSSR count). The Hall–Kier alpha value is -4.28. The number of carbonyl (C=O) groups is 1. The molecule has 0 N–H and O–H groups in total. The summed E-state index contributed by atoms with van der Waals surface area (Å²) >= 11 is 0. The van der Waals surface area contributed by atoms with E-state index in [0.29, 0.717) is 29.2 Å². The highest BCUT2D eigenvalue weighted by Crippen LogP contribution is 2.42. The van der Waals surface area contributed by atoms with Crippen LogP contribution in [0.5, 0.6) is 0 Å². The van der Waals surface area contributed by atoms with Crippen molar-refractivity contribution in [1.29, 1.82) is 0 Å². The predicted octanol–water partition coefficient (Wildman–Crippen LogP) is 5.07. The van der Waals surface area contributed by atoms with Crippen molar-refractivity contribution in [2.45, 2.75) is 31.5 Å². The number of ether oxygens (including phenoxy) is 1. The van der Waals surface area contributed by atoms with Crippen LogP contribution in [0.1, 0.15) is 24.8 Å². The first-order valence-electron chi connectivity index (χ1n) is 12.1. The molecule has 1 aromatic carbocycles. The first kappa shape index (κ1) is 24.1. The number of rotatable bonds is 1. The molecule has 0 saturated heterocycles. The van der Waals surface area contributed by atoms with E-state index in [0.717, 1.165) is 48.2 Å². The van der Waals surface area contributed by atoms with Gasteiger partial charge in [-0.2, -0.15) is 13.2 Å². The number of hydrogen-bond acceptors (Lipinski definition) is 6. The van der Waals surface area contributed by atoms with Gasteiger partial charge in [0, 0.05) is 30.6 Å². The number of amides is 2. The third kappa shape index (κ3) is 3.89. The fourth-order valence-corrected chi connectivity index (χ4v) is 4.99. The molecule has 0 bridgehead atoms. The Balaban J connectivity index is 1.55. The minimum Gasteiger partial charge on any atom is -0.467 e. The number of halogens is 3. The molecule has 4 aliphatic heterocycles. The lowest BCUT2D eigenvalue weighted by atomic mass is 9.84. The highest BCUT2D eigenvalue weighted by Gasteiger charge is 2.43. The number of urea groups is 1. The van der Waals surface area contributed by atoms with Crippen molar-refractivity contribution >= 4 is 35.9 Å². The van der Waals surface area contributed by atoms with Gasteiger partial charge >= 0.3 is 18.2 Å². The van der Waals surface area contributed by atoms with Crippen molar-refractivity contribution in [2.24, 2.45) is 20.0 Å². The molecule has 0 radical (unpaired) electrons. The number of methoxy groups -OCH3 is 1. The lowest BCUT2D eigenvalue weighted by molar-refractivity contribution is -0.137. The molecule has 0 spiro atoms. The second kappa shape index (κ2) is 8.93. The number of anilines is 1. The van der Waals surface area contributed by atoms with Crippen LogP contribution in [0.15, 0.2) is 90.2 Å². The van der Waals surface area contributed by atoms with Crippen LogP contribution in [0.25, 0.3) is 0 Å². The van der Waals surface area contributed by atoms with Crippen molar-refractivity contribution in [3.05, 3.63) is 75.8 Å². The second-order valence-electron chi connectivity index (χ2n) is 9.34. The number of benzene rings is 1. The maximum Gasteiger partial charge on any atom is 0.416 e. The fourth-order valence-electron chi connectivity index (χ4n) is 4.99. The molecule has 2 amide bonds. The van der Waals surface area contributed by atoms with Gasteiger partial charge in [0.05, 0.1) is 47.7 Å². The zero-order valence-electron chi connectivity index (χ0n) is 20.7. The predicted molar refractivity (Wildman–Crippen MR) is 139 cm³/mol. The van der Waals surface area contributed by atoms with Crippen molar-refractivity contribution in [1.82, 2.24) is 4.90 Å². The van der Waals surface area contributed by atoms with Crippen molar-refractivity contribution < 1.29 is 22.7 Å². The molecular formula is C27H23F3N6O2. The maximum absolute atomic E-state index is 13.8. The maximum atomic E-state index is 13.8. The summed E-state index contributed by atoms with van der Waals surface area (Å²) in [5.74, 6) is 0. The Morgan fingerprint density at radius 3 is 2.61 bits per heavy atom. The average molecular weight is 521 g/mol. The number of alkyl halides is 3. The smallest absolute Gasteiger partial charge is 0.416 e. The van der Waals surface area contributed by atoms with Crippen LogP contribution in [0.4, 0.5) is 23.7 Å². The minimum absolute atomic E-state index is 0.107. The van der Waals surface area contributed by atoms with Gasteiger partial charge in [-0.05, 0) is 49.1 Å². The van der Waals surface area contributed by atoms with Gasteiger partial charge in [0.1, 0.15) is 6.04 Å². The molecule has 11 heteroatoms. The Bertz CT molecular complexity index is 1490. The van der Waals surface area contributed by atoms with Crippen LogP contribution in [-0.4, -0.2) is 61.8 Å². The number of fused-ring (bicyclic) bond motifs is 2. The number of hydrogen-bond donors (Lipinski definition) is 0. The second-order valence-corrected chi connectivity index (χ2v) is 9.34. The van der Waals surface area contributed by atoms with E-state index < -0.39 is 23.8 Å². The topological polar surface area (TPSA) is 82.2 Å². The number of dihydropyridines is 2. The Kier molecular flexibility index (Phi) is 5.66. The molecule has 1 unspecified atom stereocenters. The monoisotopic (exact) mass is 520 g/mol. The van der Waals surface area contributed by atoms with Crippen LogP contribution in [0, 0.1) is 0 Å². The van der Waals surface area contributed by atoms with Gasteiger partial charge in [0.2, 0.25) is 0 Å². The largest absolute Gasteiger partial charge is 0.467 e. The molecule has 38 heavy (non-hydrogen) atoms. The lowest BCUT2D eigenvalue weighted by Gasteiger charge is -2.42. The number of aliphatic imine (C=N–C) groups is 4. The minimum atomic E-state index is -4.56. The van der Waals surface area contributed by atoms with Crippen LogP contribution in [-0.2, 0) is 10.9 Å². The standard InChI is InChI=1S/C27H23F3N6O2/c1-35-23(15-5-3-6-15)19-14-31-21-10-9-20(16-12-32-25(38-2)33-13-16)34-22(21)24(19)36(26(35)37)18-8-4-7-17(11-18)27(28,29)30/h4,7-12,14,21H,3,5-6,13H2,1-2H3. The average Bonchev–Trinajstić information content (AvgIpc) is 2.89. The van der Waals surface area contributed by atoms with E-state index in [1.807, 2.05) is 12.2 Å². The quantitative estimate of drug-likeness (QED) is 0.518. The molecule has 0 aromatic heterocycles.